The monoisotopic (exact) mass is 207 g/mol. The summed E-state index contributed by atoms with van der Waals surface area (Å²) in [4.78, 5) is 0. The van der Waals surface area contributed by atoms with Crippen LogP contribution in [0.15, 0.2) is 24.3 Å². The van der Waals surface area contributed by atoms with E-state index < -0.39 is 0 Å². The molecule has 2 nitrogen and oxygen atoms in total. The number of nitrogens with two attached hydrogens (primary N) is 1. The number of hydrogen-bond acceptors (Lipinski definition) is 2. The molecule has 1 aromatic carbocycles. The molecule has 2 heteroatoms. The molecule has 0 saturated carbocycles. The molecule has 2 N–H and O–H groups in total. The molecule has 0 bridgehead atoms. The molecule has 0 aromatic heterocycles. The average molecular weight is 207 g/mol. The summed E-state index contributed by atoms with van der Waals surface area (Å²) in [6.45, 7) is 4.43. The van der Waals surface area contributed by atoms with Crippen molar-refractivity contribution in [1.82, 2.24) is 0 Å². The normalized spacial score (nSPS) is 12.9. The summed E-state index contributed by atoms with van der Waals surface area (Å²) in [6, 6.07) is 8.07. The SMILES string of the molecule is COc1ccccc1[C@@H](N)CCC(C)C. The van der Waals surface area contributed by atoms with E-state index in [1.54, 1.807) is 7.11 Å². The number of hydrogen-bond donors (Lipinski definition) is 1. The Bertz CT molecular complexity index is 296. The molecule has 0 aliphatic carbocycles. The maximum absolute atomic E-state index is 6.14. The molecule has 15 heavy (non-hydrogen) atoms. The van der Waals surface area contributed by atoms with E-state index in [9.17, 15) is 0 Å². The molecule has 0 heterocycles. The third-order valence-corrected chi connectivity index (χ3v) is 2.59. The summed E-state index contributed by atoms with van der Waals surface area (Å²) in [6.07, 6.45) is 2.16. The minimum Gasteiger partial charge on any atom is -0.496 e. The van der Waals surface area contributed by atoms with Crippen LogP contribution in [0, 0.1) is 5.92 Å². The summed E-state index contributed by atoms with van der Waals surface area (Å²) in [5.41, 5.74) is 7.25. The highest BCUT2D eigenvalue weighted by Gasteiger charge is 2.11. The van der Waals surface area contributed by atoms with Gasteiger partial charge in [-0.2, -0.15) is 0 Å². The maximum Gasteiger partial charge on any atom is 0.123 e. The zero-order chi connectivity index (χ0) is 11.3. The Morgan fingerprint density at radius 1 is 1.20 bits per heavy atom. The molecule has 0 spiro atoms. The van der Waals surface area contributed by atoms with Crippen LogP contribution in [0.5, 0.6) is 5.75 Å². The zero-order valence-electron chi connectivity index (χ0n) is 9.86. The molecule has 0 fully saturated rings. The molecule has 0 radical (unpaired) electrons. The molecule has 84 valence electrons. The largest absolute Gasteiger partial charge is 0.496 e. The zero-order valence-corrected chi connectivity index (χ0v) is 9.86. The molecule has 1 aromatic rings. The van der Waals surface area contributed by atoms with E-state index in [-0.39, 0.29) is 6.04 Å². The minimum absolute atomic E-state index is 0.0866. The quantitative estimate of drug-likeness (QED) is 0.805. The molecule has 0 aliphatic heterocycles. The lowest BCUT2D eigenvalue weighted by atomic mass is 9.98. The van der Waals surface area contributed by atoms with E-state index in [2.05, 4.69) is 13.8 Å². The van der Waals surface area contributed by atoms with Gasteiger partial charge in [0.25, 0.3) is 0 Å². The van der Waals surface area contributed by atoms with Crippen LogP contribution in [-0.4, -0.2) is 7.11 Å². The average Bonchev–Trinajstić information content (AvgIpc) is 2.25. The molecule has 0 unspecified atom stereocenters. The van der Waals surface area contributed by atoms with E-state index in [0.717, 1.165) is 24.2 Å². The number of methoxy groups -OCH3 is 1. The summed E-state index contributed by atoms with van der Waals surface area (Å²) < 4.78 is 5.29. The van der Waals surface area contributed by atoms with Crippen molar-refractivity contribution in [2.45, 2.75) is 32.7 Å². The second-order valence-electron chi connectivity index (χ2n) is 4.32. The van der Waals surface area contributed by atoms with E-state index >= 15 is 0 Å². The fourth-order valence-corrected chi connectivity index (χ4v) is 1.64. The van der Waals surface area contributed by atoms with Crippen LogP contribution in [0.25, 0.3) is 0 Å². The van der Waals surface area contributed by atoms with Crippen LogP contribution in [0.3, 0.4) is 0 Å². The van der Waals surface area contributed by atoms with E-state index in [4.69, 9.17) is 10.5 Å². The standard InChI is InChI=1S/C13H21NO/c1-10(2)8-9-12(14)11-6-4-5-7-13(11)15-3/h4-7,10,12H,8-9,14H2,1-3H3/t12-/m0/s1. The highest BCUT2D eigenvalue weighted by atomic mass is 16.5. The van der Waals surface area contributed by atoms with Crippen LogP contribution in [0.1, 0.15) is 38.3 Å². The Kier molecular flexibility index (Phi) is 4.63. The number of para-hydroxylation sites is 1. The topological polar surface area (TPSA) is 35.2 Å². The lowest BCUT2D eigenvalue weighted by Crippen LogP contribution is -2.12. The maximum atomic E-state index is 6.14. The van der Waals surface area contributed by atoms with Gasteiger partial charge in [-0.05, 0) is 24.8 Å². The summed E-state index contributed by atoms with van der Waals surface area (Å²) in [5, 5.41) is 0. The van der Waals surface area contributed by atoms with Gasteiger partial charge in [-0.3, -0.25) is 0 Å². The summed E-state index contributed by atoms with van der Waals surface area (Å²) in [7, 11) is 1.69. The van der Waals surface area contributed by atoms with Gasteiger partial charge in [0.2, 0.25) is 0 Å². The van der Waals surface area contributed by atoms with Gasteiger partial charge in [0.05, 0.1) is 7.11 Å². The van der Waals surface area contributed by atoms with Crippen molar-refractivity contribution in [3.63, 3.8) is 0 Å². The Balaban J connectivity index is 2.68. The van der Waals surface area contributed by atoms with Crippen molar-refractivity contribution in [2.24, 2.45) is 11.7 Å². The number of ether oxygens (including phenoxy) is 1. The smallest absolute Gasteiger partial charge is 0.123 e. The van der Waals surface area contributed by atoms with E-state index in [0.29, 0.717) is 5.92 Å². The van der Waals surface area contributed by atoms with Crippen LogP contribution in [-0.2, 0) is 0 Å². The second-order valence-corrected chi connectivity index (χ2v) is 4.32. The van der Waals surface area contributed by atoms with Crippen molar-refractivity contribution < 1.29 is 4.74 Å². The highest BCUT2D eigenvalue weighted by Crippen LogP contribution is 2.26. The van der Waals surface area contributed by atoms with Gasteiger partial charge in [-0.15, -0.1) is 0 Å². The molecular formula is C13H21NO. The van der Waals surface area contributed by atoms with Gasteiger partial charge in [-0.25, -0.2) is 0 Å². The summed E-state index contributed by atoms with van der Waals surface area (Å²) in [5.74, 6) is 1.60. The van der Waals surface area contributed by atoms with Gasteiger partial charge in [0.15, 0.2) is 0 Å². The van der Waals surface area contributed by atoms with E-state index in [1.807, 2.05) is 24.3 Å². The Morgan fingerprint density at radius 2 is 1.87 bits per heavy atom. The summed E-state index contributed by atoms with van der Waals surface area (Å²) >= 11 is 0. The first kappa shape index (κ1) is 12.1. The van der Waals surface area contributed by atoms with Crippen molar-refractivity contribution in [2.75, 3.05) is 7.11 Å². The third-order valence-electron chi connectivity index (χ3n) is 2.59. The second kappa shape index (κ2) is 5.76. The molecule has 1 atom stereocenters. The highest BCUT2D eigenvalue weighted by molar-refractivity contribution is 5.35. The first-order valence-corrected chi connectivity index (χ1v) is 5.53. The third kappa shape index (κ3) is 3.56. The van der Waals surface area contributed by atoms with Crippen LogP contribution < -0.4 is 10.5 Å². The first-order chi connectivity index (χ1) is 7.15. The fourth-order valence-electron chi connectivity index (χ4n) is 1.64. The lowest BCUT2D eigenvalue weighted by molar-refractivity contribution is 0.401. The van der Waals surface area contributed by atoms with Crippen molar-refractivity contribution in [3.05, 3.63) is 29.8 Å². The molecular weight excluding hydrogens is 186 g/mol. The number of benzene rings is 1. The van der Waals surface area contributed by atoms with Gasteiger partial charge in [0, 0.05) is 11.6 Å². The Hall–Kier alpha value is -1.02. The van der Waals surface area contributed by atoms with Crippen LogP contribution in [0.4, 0.5) is 0 Å². The van der Waals surface area contributed by atoms with Gasteiger partial charge in [-0.1, -0.05) is 32.0 Å². The first-order valence-electron chi connectivity index (χ1n) is 5.53. The Morgan fingerprint density at radius 3 is 2.47 bits per heavy atom. The van der Waals surface area contributed by atoms with Gasteiger partial charge >= 0.3 is 0 Å². The predicted octanol–water partition coefficient (Wildman–Crippen LogP) is 3.13. The lowest BCUT2D eigenvalue weighted by Gasteiger charge is -2.16. The van der Waals surface area contributed by atoms with Crippen LogP contribution in [0.2, 0.25) is 0 Å². The minimum atomic E-state index is 0.0866. The van der Waals surface area contributed by atoms with Gasteiger partial charge in [0.1, 0.15) is 5.75 Å². The van der Waals surface area contributed by atoms with Crippen molar-refractivity contribution in [1.29, 1.82) is 0 Å². The number of rotatable bonds is 5. The van der Waals surface area contributed by atoms with Crippen molar-refractivity contribution in [3.8, 4) is 5.75 Å². The Labute approximate surface area is 92.4 Å². The molecule has 0 amide bonds. The van der Waals surface area contributed by atoms with Gasteiger partial charge < -0.3 is 10.5 Å². The van der Waals surface area contributed by atoms with E-state index in [1.165, 1.54) is 0 Å². The van der Waals surface area contributed by atoms with Crippen molar-refractivity contribution >= 4 is 0 Å². The molecule has 1 rings (SSSR count). The predicted molar refractivity (Wildman–Crippen MR) is 64.0 cm³/mol. The fraction of sp³-hybridized carbons (Fsp3) is 0.538. The molecule has 0 aliphatic rings. The molecule has 0 saturated heterocycles. The van der Waals surface area contributed by atoms with Crippen LogP contribution >= 0.6 is 0 Å².